The molecule has 0 bridgehead atoms. The number of ether oxygens (including phenoxy) is 1. The Morgan fingerprint density at radius 3 is 2.67 bits per heavy atom. The number of hydrogen-bond donors (Lipinski definition) is 1. The molecule has 0 unspecified atom stereocenters. The number of hydrogen-bond acceptors (Lipinski definition) is 5. The Morgan fingerprint density at radius 2 is 1.83 bits per heavy atom. The highest BCUT2D eigenvalue weighted by atomic mass is 16.5. The number of rotatable bonds is 6. The number of para-hydroxylation sites is 1. The first-order valence-electron chi connectivity index (χ1n) is 10.3. The van der Waals surface area contributed by atoms with Gasteiger partial charge < -0.3 is 9.72 Å². The van der Waals surface area contributed by atoms with Crippen molar-refractivity contribution in [2.24, 2.45) is 0 Å². The summed E-state index contributed by atoms with van der Waals surface area (Å²) < 4.78 is 7.52. The van der Waals surface area contributed by atoms with Gasteiger partial charge >= 0.3 is 0 Å². The number of H-pyrrole nitrogens is 1. The topological polar surface area (TPSA) is 76.0 Å². The highest BCUT2D eigenvalue weighted by Crippen LogP contribution is 2.20. The summed E-state index contributed by atoms with van der Waals surface area (Å²) in [4.78, 5) is 17.8. The molecule has 30 heavy (non-hydrogen) atoms. The highest BCUT2D eigenvalue weighted by Gasteiger charge is 2.12. The van der Waals surface area contributed by atoms with Gasteiger partial charge in [-0.3, -0.25) is 9.69 Å². The van der Waals surface area contributed by atoms with Crippen molar-refractivity contribution in [3.63, 3.8) is 0 Å². The van der Waals surface area contributed by atoms with E-state index in [1.807, 2.05) is 54.6 Å². The van der Waals surface area contributed by atoms with E-state index >= 15 is 0 Å². The normalized spacial score (nSPS) is 14.4. The van der Waals surface area contributed by atoms with Crippen LogP contribution in [0.3, 0.4) is 0 Å². The molecule has 152 valence electrons. The largest absolute Gasteiger partial charge is 0.492 e. The molecule has 0 saturated carbocycles. The van der Waals surface area contributed by atoms with Crippen molar-refractivity contribution in [3.8, 4) is 22.7 Å². The van der Waals surface area contributed by atoms with Crippen molar-refractivity contribution in [2.75, 3.05) is 26.2 Å². The predicted octanol–water partition coefficient (Wildman–Crippen LogP) is 3.25. The molecule has 7 nitrogen and oxygen atoms in total. The van der Waals surface area contributed by atoms with Gasteiger partial charge in [0.15, 0.2) is 0 Å². The average molecular weight is 401 g/mol. The van der Waals surface area contributed by atoms with Crippen LogP contribution in [0, 0.1) is 0 Å². The minimum Gasteiger partial charge on any atom is -0.492 e. The molecule has 3 heterocycles. The molecule has 1 aliphatic rings. The molecule has 0 aliphatic carbocycles. The lowest BCUT2D eigenvalue weighted by molar-refractivity contribution is 0.238. The third-order valence-corrected chi connectivity index (χ3v) is 5.50. The zero-order valence-corrected chi connectivity index (χ0v) is 16.6. The monoisotopic (exact) mass is 401 g/mol. The number of benzene rings is 2. The van der Waals surface area contributed by atoms with E-state index in [2.05, 4.69) is 20.2 Å². The van der Waals surface area contributed by atoms with Gasteiger partial charge in [0.2, 0.25) is 0 Å². The Hall–Kier alpha value is -3.45. The summed E-state index contributed by atoms with van der Waals surface area (Å²) in [5.74, 6) is 0.837. The first-order chi connectivity index (χ1) is 14.8. The van der Waals surface area contributed by atoms with E-state index < -0.39 is 0 Å². The van der Waals surface area contributed by atoms with E-state index in [-0.39, 0.29) is 5.56 Å². The Labute approximate surface area is 173 Å². The summed E-state index contributed by atoms with van der Waals surface area (Å²) in [5, 5.41) is 9.35. The summed E-state index contributed by atoms with van der Waals surface area (Å²) in [6, 6.07) is 17.3. The number of nitrogens with one attached hydrogen (secondary N) is 1. The maximum absolute atomic E-state index is 12.5. The minimum atomic E-state index is -0.178. The molecule has 0 amide bonds. The lowest BCUT2D eigenvalue weighted by atomic mass is 10.1. The first kappa shape index (κ1) is 18.6. The van der Waals surface area contributed by atoms with Crippen LogP contribution in [-0.4, -0.2) is 51.1 Å². The molecule has 1 N–H and O–H groups in total. The molecule has 0 spiro atoms. The van der Waals surface area contributed by atoms with Crippen molar-refractivity contribution in [2.45, 2.75) is 12.8 Å². The van der Waals surface area contributed by atoms with Gasteiger partial charge in [-0.1, -0.05) is 23.4 Å². The minimum absolute atomic E-state index is 0.178. The maximum atomic E-state index is 12.5. The third-order valence-electron chi connectivity index (χ3n) is 5.50. The molecule has 7 heteroatoms. The van der Waals surface area contributed by atoms with Crippen molar-refractivity contribution in [1.82, 2.24) is 24.9 Å². The van der Waals surface area contributed by atoms with E-state index in [4.69, 9.17) is 4.74 Å². The van der Waals surface area contributed by atoms with Crippen LogP contribution in [0.4, 0.5) is 0 Å². The summed E-state index contributed by atoms with van der Waals surface area (Å²) in [5.41, 5.74) is 2.52. The first-order valence-corrected chi connectivity index (χ1v) is 10.3. The predicted molar refractivity (Wildman–Crippen MR) is 116 cm³/mol. The van der Waals surface area contributed by atoms with Gasteiger partial charge in [-0.15, -0.1) is 5.10 Å². The van der Waals surface area contributed by atoms with Crippen LogP contribution in [0.15, 0.2) is 65.6 Å². The van der Waals surface area contributed by atoms with Crippen LogP contribution in [0.1, 0.15) is 12.8 Å². The van der Waals surface area contributed by atoms with E-state index in [0.717, 1.165) is 28.9 Å². The summed E-state index contributed by atoms with van der Waals surface area (Å²) >= 11 is 0. The van der Waals surface area contributed by atoms with Gasteiger partial charge in [-0.2, -0.15) is 0 Å². The number of likely N-dealkylation sites (tertiary alicyclic amines) is 1. The van der Waals surface area contributed by atoms with Crippen molar-refractivity contribution in [3.05, 3.63) is 71.1 Å². The fourth-order valence-electron chi connectivity index (χ4n) is 3.85. The van der Waals surface area contributed by atoms with E-state index in [9.17, 15) is 4.79 Å². The van der Waals surface area contributed by atoms with Crippen molar-refractivity contribution in [1.29, 1.82) is 0 Å². The van der Waals surface area contributed by atoms with Crippen molar-refractivity contribution >= 4 is 10.9 Å². The number of aromatic nitrogens is 4. The van der Waals surface area contributed by atoms with E-state index in [0.29, 0.717) is 17.9 Å². The van der Waals surface area contributed by atoms with E-state index in [1.54, 1.807) is 10.9 Å². The molecular formula is C23H23N5O2. The van der Waals surface area contributed by atoms with E-state index in [1.165, 1.54) is 25.9 Å². The van der Waals surface area contributed by atoms with Gasteiger partial charge in [0.1, 0.15) is 18.1 Å². The fraction of sp³-hybridized carbons (Fsp3) is 0.261. The van der Waals surface area contributed by atoms with Crippen LogP contribution in [0.5, 0.6) is 5.75 Å². The molecule has 4 aromatic rings. The zero-order chi connectivity index (χ0) is 20.3. The Kier molecular flexibility index (Phi) is 5.03. The van der Waals surface area contributed by atoms with Crippen LogP contribution in [0.25, 0.3) is 27.8 Å². The second-order valence-corrected chi connectivity index (χ2v) is 7.54. The van der Waals surface area contributed by atoms with Gasteiger partial charge in [0.25, 0.3) is 5.56 Å². The van der Waals surface area contributed by atoms with Crippen LogP contribution in [-0.2, 0) is 0 Å². The Bertz CT molecular complexity index is 1210. The molecule has 2 aromatic carbocycles. The average Bonchev–Trinajstić information content (AvgIpc) is 3.46. The molecule has 1 fully saturated rings. The highest BCUT2D eigenvalue weighted by molar-refractivity contribution is 5.82. The standard InChI is InChI=1S/C23H23N5O2/c29-23-20(15-17-5-1-2-6-21(17)24-23)22-16-28(26-25-22)18-7-9-19(10-8-18)30-14-13-27-11-3-4-12-27/h1-2,5-10,15-16H,3-4,11-14H2,(H,24,29). The lowest BCUT2D eigenvalue weighted by Crippen LogP contribution is -2.25. The number of aromatic amines is 1. The molecule has 0 radical (unpaired) electrons. The van der Waals surface area contributed by atoms with Crippen molar-refractivity contribution < 1.29 is 4.74 Å². The zero-order valence-electron chi connectivity index (χ0n) is 16.6. The molecule has 5 rings (SSSR count). The lowest BCUT2D eigenvalue weighted by Gasteiger charge is -2.15. The maximum Gasteiger partial charge on any atom is 0.258 e. The summed E-state index contributed by atoms with van der Waals surface area (Å²) in [6.07, 6.45) is 4.35. The molecule has 1 aliphatic heterocycles. The van der Waals surface area contributed by atoms with Crippen LogP contribution >= 0.6 is 0 Å². The third kappa shape index (κ3) is 3.84. The quantitative estimate of drug-likeness (QED) is 0.537. The number of nitrogens with zero attached hydrogens (tertiary/aromatic N) is 4. The molecular weight excluding hydrogens is 378 g/mol. The number of pyridine rings is 1. The van der Waals surface area contributed by atoms with Crippen LogP contribution in [0.2, 0.25) is 0 Å². The molecule has 2 aromatic heterocycles. The van der Waals surface area contributed by atoms with Gasteiger partial charge in [0.05, 0.1) is 17.4 Å². The Balaban J connectivity index is 1.30. The Morgan fingerprint density at radius 1 is 1.03 bits per heavy atom. The second kappa shape index (κ2) is 8.12. The summed E-state index contributed by atoms with van der Waals surface area (Å²) in [7, 11) is 0. The molecule has 0 atom stereocenters. The van der Waals surface area contributed by atoms with Gasteiger partial charge in [-0.05, 0) is 67.7 Å². The summed E-state index contributed by atoms with van der Waals surface area (Å²) in [6.45, 7) is 4.01. The van der Waals surface area contributed by atoms with Gasteiger partial charge in [-0.25, -0.2) is 4.68 Å². The fourth-order valence-corrected chi connectivity index (χ4v) is 3.85. The van der Waals surface area contributed by atoms with Crippen LogP contribution < -0.4 is 10.3 Å². The number of fused-ring (bicyclic) bond motifs is 1. The smallest absolute Gasteiger partial charge is 0.258 e. The molecule has 1 saturated heterocycles. The SMILES string of the molecule is O=c1[nH]c2ccccc2cc1-c1cn(-c2ccc(OCCN3CCCC3)cc2)nn1. The van der Waals surface area contributed by atoms with Gasteiger partial charge in [0, 0.05) is 12.1 Å². The second-order valence-electron chi connectivity index (χ2n) is 7.54.